The molecule has 2 N–H and O–H groups in total. The number of hydrogen-bond donors (Lipinski definition) is 2. The van der Waals surface area contributed by atoms with Gasteiger partial charge in [-0.3, -0.25) is 9.88 Å². The number of aromatic nitrogens is 1. The summed E-state index contributed by atoms with van der Waals surface area (Å²) in [5.41, 5.74) is 1.09. The Morgan fingerprint density at radius 3 is 2.94 bits per heavy atom. The first kappa shape index (κ1) is 13.0. The Balaban J connectivity index is 1.94. The van der Waals surface area contributed by atoms with E-state index in [0.717, 1.165) is 38.2 Å². The largest absolute Gasteiger partial charge is 0.478 e. The summed E-state index contributed by atoms with van der Waals surface area (Å²) in [5, 5.41) is 18.0. The van der Waals surface area contributed by atoms with Crippen molar-refractivity contribution in [3.8, 4) is 0 Å². The lowest BCUT2D eigenvalue weighted by Crippen LogP contribution is -2.36. The summed E-state index contributed by atoms with van der Waals surface area (Å²) in [6.07, 6.45) is 3.57. The molecule has 0 aromatic carbocycles. The summed E-state index contributed by atoms with van der Waals surface area (Å²) in [6, 6.07) is 3.34. The van der Waals surface area contributed by atoms with Crippen LogP contribution in [0.3, 0.4) is 0 Å². The van der Waals surface area contributed by atoms with Gasteiger partial charge in [0.15, 0.2) is 0 Å². The van der Waals surface area contributed by atoms with Crippen molar-refractivity contribution in [2.24, 2.45) is 5.92 Å². The lowest BCUT2D eigenvalue weighted by atomic mass is 9.99. The summed E-state index contributed by atoms with van der Waals surface area (Å²) >= 11 is 0. The number of pyridine rings is 1. The Morgan fingerprint density at radius 2 is 2.33 bits per heavy atom. The van der Waals surface area contributed by atoms with Crippen LogP contribution in [0.2, 0.25) is 0 Å². The number of aliphatic hydroxyl groups excluding tert-OH is 1. The maximum absolute atomic E-state index is 10.7. The van der Waals surface area contributed by atoms with Gasteiger partial charge in [0.1, 0.15) is 0 Å². The van der Waals surface area contributed by atoms with Crippen molar-refractivity contribution in [2.45, 2.75) is 19.4 Å². The van der Waals surface area contributed by atoms with Crippen molar-refractivity contribution in [3.63, 3.8) is 0 Å². The summed E-state index contributed by atoms with van der Waals surface area (Å²) in [5.74, 6) is -0.593. The molecule has 18 heavy (non-hydrogen) atoms. The average Bonchev–Trinajstić information content (AvgIpc) is 2.39. The summed E-state index contributed by atoms with van der Waals surface area (Å²) in [4.78, 5) is 17.1. The first-order chi connectivity index (χ1) is 8.69. The Labute approximate surface area is 106 Å². The normalized spacial score (nSPS) is 20.8. The van der Waals surface area contributed by atoms with Gasteiger partial charge in [-0.1, -0.05) is 0 Å². The third-order valence-corrected chi connectivity index (χ3v) is 3.32. The third kappa shape index (κ3) is 3.27. The van der Waals surface area contributed by atoms with Gasteiger partial charge in [-0.05, 0) is 37.4 Å². The number of aromatic carboxylic acids is 1. The molecular weight excluding hydrogens is 232 g/mol. The fraction of sp³-hybridized carbons (Fsp3) is 0.538. The van der Waals surface area contributed by atoms with Crippen LogP contribution in [0.15, 0.2) is 18.3 Å². The molecule has 0 aliphatic carbocycles. The predicted octanol–water partition coefficient (Wildman–Crippen LogP) is 0.984. The molecule has 0 bridgehead atoms. The van der Waals surface area contributed by atoms with Gasteiger partial charge in [-0.2, -0.15) is 0 Å². The first-order valence-electron chi connectivity index (χ1n) is 6.20. The molecule has 1 aromatic heterocycles. The quantitative estimate of drug-likeness (QED) is 0.833. The number of aliphatic hydroxyl groups is 1. The Hall–Kier alpha value is -1.46. The van der Waals surface area contributed by atoms with Crippen LogP contribution in [0.25, 0.3) is 0 Å². The summed E-state index contributed by atoms with van der Waals surface area (Å²) < 4.78 is 0. The van der Waals surface area contributed by atoms with E-state index in [1.54, 1.807) is 12.1 Å². The molecule has 1 fully saturated rings. The van der Waals surface area contributed by atoms with Crippen LogP contribution in [0.4, 0.5) is 0 Å². The van der Waals surface area contributed by atoms with Crippen molar-refractivity contribution in [2.75, 3.05) is 19.7 Å². The van der Waals surface area contributed by atoms with E-state index >= 15 is 0 Å². The first-order valence-corrected chi connectivity index (χ1v) is 6.20. The molecule has 1 aliphatic rings. The van der Waals surface area contributed by atoms with Gasteiger partial charge in [0.2, 0.25) is 0 Å². The Bertz CT molecular complexity index is 405. The molecule has 0 amide bonds. The molecule has 5 nitrogen and oxygen atoms in total. The van der Waals surface area contributed by atoms with Crippen LogP contribution in [0.1, 0.15) is 28.9 Å². The highest BCUT2D eigenvalue weighted by atomic mass is 16.4. The summed E-state index contributed by atoms with van der Waals surface area (Å²) in [7, 11) is 0. The highest BCUT2D eigenvalue weighted by molar-refractivity contribution is 5.87. The third-order valence-electron chi connectivity index (χ3n) is 3.32. The van der Waals surface area contributed by atoms with Crippen LogP contribution in [0, 0.1) is 5.92 Å². The van der Waals surface area contributed by atoms with E-state index in [2.05, 4.69) is 9.88 Å². The number of nitrogens with zero attached hydrogens (tertiary/aromatic N) is 2. The smallest absolute Gasteiger partial charge is 0.337 e. The molecule has 1 aromatic rings. The number of carbonyl (C=O) groups is 1. The Morgan fingerprint density at radius 1 is 1.50 bits per heavy atom. The van der Waals surface area contributed by atoms with Gasteiger partial charge in [0.05, 0.1) is 11.3 Å². The second-order valence-corrected chi connectivity index (χ2v) is 4.77. The second-order valence-electron chi connectivity index (χ2n) is 4.77. The average molecular weight is 250 g/mol. The fourth-order valence-corrected chi connectivity index (χ4v) is 2.32. The lowest BCUT2D eigenvalue weighted by Gasteiger charge is -2.31. The number of carboxylic acids is 1. The number of rotatable bonds is 4. The number of piperidine rings is 1. The van der Waals surface area contributed by atoms with Crippen LogP contribution >= 0.6 is 0 Å². The highest BCUT2D eigenvalue weighted by Crippen LogP contribution is 2.17. The number of carboxylic acid groups (broad SMARTS) is 1. The van der Waals surface area contributed by atoms with E-state index in [9.17, 15) is 4.79 Å². The minimum absolute atomic E-state index is 0.214. The standard InChI is InChI=1S/C13H18N2O3/c16-9-10-2-1-5-15(7-10)8-12-4-3-11(6-14-12)13(17)18/h3-4,6,10,16H,1-2,5,7-9H2,(H,17,18). The maximum Gasteiger partial charge on any atom is 0.337 e. The molecule has 2 heterocycles. The zero-order chi connectivity index (χ0) is 13.0. The van der Waals surface area contributed by atoms with Gasteiger partial charge >= 0.3 is 5.97 Å². The van der Waals surface area contributed by atoms with Crippen molar-refractivity contribution in [3.05, 3.63) is 29.6 Å². The van der Waals surface area contributed by atoms with Crippen molar-refractivity contribution >= 4 is 5.97 Å². The second kappa shape index (κ2) is 5.93. The van der Waals surface area contributed by atoms with Gasteiger partial charge in [-0.25, -0.2) is 4.79 Å². The minimum atomic E-state index is -0.952. The molecule has 1 aliphatic heterocycles. The Kier molecular flexibility index (Phi) is 4.28. The highest BCUT2D eigenvalue weighted by Gasteiger charge is 2.19. The van der Waals surface area contributed by atoms with Crippen molar-refractivity contribution in [1.82, 2.24) is 9.88 Å². The molecule has 0 spiro atoms. The maximum atomic E-state index is 10.7. The zero-order valence-electron chi connectivity index (χ0n) is 10.2. The van der Waals surface area contributed by atoms with Gasteiger partial charge < -0.3 is 10.2 Å². The van der Waals surface area contributed by atoms with Gasteiger partial charge in [-0.15, -0.1) is 0 Å². The number of likely N-dealkylation sites (tertiary alicyclic amines) is 1. The molecule has 0 radical (unpaired) electrons. The van der Waals surface area contributed by atoms with E-state index in [-0.39, 0.29) is 12.2 Å². The van der Waals surface area contributed by atoms with E-state index in [0.29, 0.717) is 5.92 Å². The molecular formula is C13H18N2O3. The van der Waals surface area contributed by atoms with Crippen LogP contribution in [-0.2, 0) is 6.54 Å². The van der Waals surface area contributed by atoms with Crippen LogP contribution in [-0.4, -0.2) is 45.8 Å². The lowest BCUT2D eigenvalue weighted by molar-refractivity contribution is 0.0696. The zero-order valence-corrected chi connectivity index (χ0v) is 10.2. The molecule has 2 rings (SSSR count). The monoisotopic (exact) mass is 250 g/mol. The van der Waals surface area contributed by atoms with Crippen molar-refractivity contribution < 1.29 is 15.0 Å². The topological polar surface area (TPSA) is 73.7 Å². The minimum Gasteiger partial charge on any atom is -0.478 e. The predicted molar refractivity (Wildman–Crippen MR) is 66.3 cm³/mol. The van der Waals surface area contributed by atoms with Gasteiger partial charge in [0, 0.05) is 25.9 Å². The molecule has 1 saturated heterocycles. The molecule has 1 unspecified atom stereocenters. The fourth-order valence-electron chi connectivity index (χ4n) is 2.32. The SMILES string of the molecule is O=C(O)c1ccc(CN2CCCC(CO)C2)nc1. The van der Waals surface area contributed by atoms with E-state index in [4.69, 9.17) is 10.2 Å². The van der Waals surface area contributed by atoms with Gasteiger partial charge in [0.25, 0.3) is 0 Å². The van der Waals surface area contributed by atoms with E-state index in [1.807, 2.05) is 0 Å². The van der Waals surface area contributed by atoms with E-state index in [1.165, 1.54) is 6.20 Å². The van der Waals surface area contributed by atoms with E-state index < -0.39 is 5.97 Å². The number of hydrogen-bond acceptors (Lipinski definition) is 4. The molecule has 5 heteroatoms. The van der Waals surface area contributed by atoms with Crippen LogP contribution < -0.4 is 0 Å². The van der Waals surface area contributed by atoms with Crippen LogP contribution in [0.5, 0.6) is 0 Å². The molecule has 98 valence electrons. The molecule has 0 saturated carbocycles. The summed E-state index contributed by atoms with van der Waals surface area (Å²) in [6.45, 7) is 2.86. The molecule has 1 atom stereocenters. The van der Waals surface area contributed by atoms with Crippen molar-refractivity contribution in [1.29, 1.82) is 0 Å².